The van der Waals surface area contributed by atoms with Crippen molar-refractivity contribution in [3.05, 3.63) is 59.7 Å². The zero-order valence-electron chi connectivity index (χ0n) is 9.95. The van der Waals surface area contributed by atoms with Crippen LogP contribution < -0.4 is 10.5 Å². The van der Waals surface area contributed by atoms with E-state index in [0.717, 1.165) is 11.6 Å². The van der Waals surface area contributed by atoms with Gasteiger partial charge in [0.1, 0.15) is 12.4 Å². The lowest BCUT2D eigenvalue weighted by Crippen LogP contribution is -2.10. The number of halogens is 3. The van der Waals surface area contributed by atoms with Gasteiger partial charge in [0, 0.05) is 0 Å². The molecule has 2 rings (SSSR count). The lowest BCUT2D eigenvalue weighted by atomic mass is 10.1. The van der Waals surface area contributed by atoms with E-state index in [1.807, 2.05) is 30.3 Å². The van der Waals surface area contributed by atoms with Crippen molar-refractivity contribution >= 4 is 5.69 Å². The van der Waals surface area contributed by atoms with Crippen LogP contribution in [0.1, 0.15) is 11.1 Å². The highest BCUT2D eigenvalue weighted by molar-refractivity contribution is 5.59. The fraction of sp³-hybridized carbons (Fsp3) is 0.143. The molecule has 0 spiro atoms. The van der Waals surface area contributed by atoms with Gasteiger partial charge in [0.25, 0.3) is 0 Å². The molecule has 2 nitrogen and oxygen atoms in total. The van der Waals surface area contributed by atoms with Gasteiger partial charge in [-0.05, 0) is 17.7 Å². The van der Waals surface area contributed by atoms with Gasteiger partial charge >= 0.3 is 6.18 Å². The first-order chi connectivity index (χ1) is 8.98. The molecule has 100 valence electrons. The summed E-state index contributed by atoms with van der Waals surface area (Å²) in [5, 5.41) is 0. The summed E-state index contributed by atoms with van der Waals surface area (Å²) in [6.07, 6.45) is -4.48. The lowest BCUT2D eigenvalue weighted by Gasteiger charge is -2.14. The molecule has 2 N–H and O–H groups in total. The van der Waals surface area contributed by atoms with Crippen LogP contribution in [0.4, 0.5) is 18.9 Å². The lowest BCUT2D eigenvalue weighted by molar-refractivity contribution is -0.137. The fourth-order valence-corrected chi connectivity index (χ4v) is 1.65. The van der Waals surface area contributed by atoms with Gasteiger partial charge < -0.3 is 10.5 Å². The Morgan fingerprint density at radius 3 is 2.26 bits per heavy atom. The van der Waals surface area contributed by atoms with E-state index in [0.29, 0.717) is 0 Å². The number of anilines is 1. The van der Waals surface area contributed by atoms with Gasteiger partial charge in [-0.15, -0.1) is 0 Å². The molecule has 0 radical (unpaired) electrons. The number of rotatable bonds is 3. The van der Waals surface area contributed by atoms with E-state index in [-0.39, 0.29) is 18.0 Å². The molecule has 0 fully saturated rings. The number of para-hydroxylation sites is 1. The van der Waals surface area contributed by atoms with Crippen LogP contribution in [0, 0.1) is 0 Å². The number of benzene rings is 2. The van der Waals surface area contributed by atoms with Crippen molar-refractivity contribution in [2.45, 2.75) is 12.8 Å². The molecule has 0 aliphatic carbocycles. The van der Waals surface area contributed by atoms with Gasteiger partial charge in [0.2, 0.25) is 0 Å². The van der Waals surface area contributed by atoms with Gasteiger partial charge in [-0.3, -0.25) is 0 Å². The Morgan fingerprint density at radius 2 is 1.63 bits per heavy atom. The molecule has 0 aliphatic rings. The smallest absolute Gasteiger partial charge is 0.418 e. The fourth-order valence-electron chi connectivity index (χ4n) is 1.65. The highest BCUT2D eigenvalue weighted by Gasteiger charge is 2.33. The molecule has 0 aromatic heterocycles. The van der Waals surface area contributed by atoms with Crippen molar-refractivity contribution in [2.24, 2.45) is 0 Å². The minimum absolute atomic E-state index is 0.0404. The Morgan fingerprint density at radius 1 is 0.947 bits per heavy atom. The third-order valence-corrected chi connectivity index (χ3v) is 2.61. The van der Waals surface area contributed by atoms with Crippen molar-refractivity contribution in [2.75, 3.05) is 5.73 Å². The van der Waals surface area contributed by atoms with Crippen molar-refractivity contribution in [1.29, 1.82) is 0 Å². The highest BCUT2D eigenvalue weighted by atomic mass is 19.4. The van der Waals surface area contributed by atoms with E-state index in [2.05, 4.69) is 0 Å². The zero-order chi connectivity index (χ0) is 13.9. The Hall–Kier alpha value is -2.17. The molecule has 2 aromatic rings. The van der Waals surface area contributed by atoms with Gasteiger partial charge in [-0.1, -0.05) is 36.4 Å². The minimum atomic E-state index is -4.48. The molecule has 0 heterocycles. The summed E-state index contributed by atoms with van der Waals surface area (Å²) >= 11 is 0. The molecule has 0 unspecified atom stereocenters. The van der Waals surface area contributed by atoms with E-state index < -0.39 is 11.7 Å². The molecule has 0 amide bonds. The minimum Gasteiger partial charge on any atom is -0.487 e. The number of alkyl halides is 3. The molecular formula is C14H12F3NO. The van der Waals surface area contributed by atoms with Crippen molar-refractivity contribution in [3.8, 4) is 5.75 Å². The monoisotopic (exact) mass is 267 g/mol. The summed E-state index contributed by atoms with van der Waals surface area (Å²) in [5.74, 6) is 0.0404. The maximum absolute atomic E-state index is 12.7. The van der Waals surface area contributed by atoms with Crippen molar-refractivity contribution in [1.82, 2.24) is 0 Å². The van der Waals surface area contributed by atoms with E-state index in [1.165, 1.54) is 12.1 Å². The third kappa shape index (κ3) is 3.19. The summed E-state index contributed by atoms with van der Waals surface area (Å²) in [5.41, 5.74) is 5.09. The van der Waals surface area contributed by atoms with E-state index in [4.69, 9.17) is 10.5 Å². The Balaban J connectivity index is 2.18. The standard InChI is InChI=1S/C14H12F3NO/c15-14(16,17)11-7-4-8-12(13(11)18)19-9-10-5-2-1-3-6-10/h1-8H,9,18H2. The highest BCUT2D eigenvalue weighted by Crippen LogP contribution is 2.37. The molecular weight excluding hydrogens is 255 g/mol. The molecule has 2 aromatic carbocycles. The Bertz CT molecular complexity index is 552. The third-order valence-electron chi connectivity index (χ3n) is 2.61. The van der Waals surface area contributed by atoms with E-state index in [9.17, 15) is 13.2 Å². The average Bonchev–Trinajstić information content (AvgIpc) is 2.37. The van der Waals surface area contributed by atoms with E-state index >= 15 is 0 Å². The largest absolute Gasteiger partial charge is 0.487 e. The van der Waals surface area contributed by atoms with Gasteiger partial charge in [-0.2, -0.15) is 13.2 Å². The number of nitrogen functional groups attached to an aromatic ring is 1. The second kappa shape index (κ2) is 5.22. The van der Waals surface area contributed by atoms with Crippen molar-refractivity contribution < 1.29 is 17.9 Å². The predicted octanol–water partition coefficient (Wildman–Crippen LogP) is 3.87. The number of ether oxygens (including phenoxy) is 1. The molecule has 19 heavy (non-hydrogen) atoms. The number of nitrogens with two attached hydrogens (primary N) is 1. The van der Waals surface area contributed by atoms with Crippen LogP contribution in [0.25, 0.3) is 0 Å². The van der Waals surface area contributed by atoms with Crippen LogP contribution in [-0.4, -0.2) is 0 Å². The number of hydrogen-bond donors (Lipinski definition) is 1. The molecule has 5 heteroatoms. The quantitative estimate of drug-likeness (QED) is 0.857. The van der Waals surface area contributed by atoms with Gasteiger partial charge in [-0.25, -0.2) is 0 Å². The molecule has 0 aliphatic heterocycles. The molecule has 0 saturated carbocycles. The maximum Gasteiger partial charge on any atom is 0.418 e. The van der Waals surface area contributed by atoms with Crippen LogP contribution in [0.3, 0.4) is 0 Å². The normalized spacial score (nSPS) is 11.3. The SMILES string of the molecule is Nc1c(OCc2ccccc2)cccc1C(F)(F)F. The first kappa shape index (κ1) is 13.3. The van der Waals surface area contributed by atoms with Crippen molar-refractivity contribution in [3.63, 3.8) is 0 Å². The first-order valence-electron chi connectivity index (χ1n) is 5.61. The zero-order valence-corrected chi connectivity index (χ0v) is 9.95. The van der Waals surface area contributed by atoms with Crippen LogP contribution in [-0.2, 0) is 12.8 Å². The maximum atomic E-state index is 12.7. The molecule has 0 atom stereocenters. The number of hydrogen-bond acceptors (Lipinski definition) is 2. The van der Waals surface area contributed by atoms with Gasteiger partial charge in [0.15, 0.2) is 0 Å². The second-order valence-electron chi connectivity index (χ2n) is 3.99. The first-order valence-corrected chi connectivity index (χ1v) is 5.61. The summed E-state index contributed by atoms with van der Waals surface area (Å²) < 4.78 is 43.3. The average molecular weight is 267 g/mol. The Kier molecular flexibility index (Phi) is 3.64. The Labute approximate surface area is 108 Å². The summed E-state index contributed by atoms with van der Waals surface area (Å²) in [7, 11) is 0. The summed E-state index contributed by atoms with van der Waals surface area (Å²) in [6.45, 7) is 0.173. The van der Waals surface area contributed by atoms with Crippen LogP contribution in [0.5, 0.6) is 5.75 Å². The summed E-state index contributed by atoms with van der Waals surface area (Å²) in [6, 6.07) is 12.8. The van der Waals surface area contributed by atoms with Crippen LogP contribution >= 0.6 is 0 Å². The van der Waals surface area contributed by atoms with Crippen LogP contribution in [0.2, 0.25) is 0 Å². The van der Waals surface area contributed by atoms with Gasteiger partial charge in [0.05, 0.1) is 11.3 Å². The molecule has 0 saturated heterocycles. The van der Waals surface area contributed by atoms with Crippen LogP contribution in [0.15, 0.2) is 48.5 Å². The van der Waals surface area contributed by atoms with E-state index in [1.54, 1.807) is 0 Å². The second-order valence-corrected chi connectivity index (χ2v) is 3.99. The summed E-state index contributed by atoms with van der Waals surface area (Å²) in [4.78, 5) is 0. The topological polar surface area (TPSA) is 35.2 Å². The molecule has 0 bridgehead atoms. The predicted molar refractivity (Wildman–Crippen MR) is 66.6 cm³/mol.